The van der Waals surface area contributed by atoms with Crippen molar-refractivity contribution in [1.82, 2.24) is 15.0 Å². The number of benzene rings is 2. The summed E-state index contributed by atoms with van der Waals surface area (Å²) >= 11 is 1.16. The lowest BCUT2D eigenvalue weighted by molar-refractivity contribution is -0.140. The van der Waals surface area contributed by atoms with Gasteiger partial charge in [-0.2, -0.15) is 4.37 Å². The van der Waals surface area contributed by atoms with Crippen LogP contribution in [0.4, 0.5) is 4.79 Å². The molecule has 0 saturated heterocycles. The highest BCUT2D eigenvalue weighted by Gasteiger charge is 2.30. The van der Waals surface area contributed by atoms with Crippen molar-refractivity contribution in [2.24, 2.45) is 0 Å². The molecule has 3 N–H and O–H groups in total. The summed E-state index contributed by atoms with van der Waals surface area (Å²) in [5.74, 6) is -1.59. The highest BCUT2D eigenvalue weighted by molar-refractivity contribution is 7.06. The molecule has 0 aliphatic heterocycles. The lowest BCUT2D eigenvalue weighted by atomic mass is 9.98. The van der Waals surface area contributed by atoms with Gasteiger partial charge in [0.05, 0.1) is 24.4 Å². The Morgan fingerprint density at radius 2 is 1.69 bits per heavy atom. The molecule has 1 aliphatic carbocycles. The molecule has 0 fully saturated rings. The van der Waals surface area contributed by atoms with Gasteiger partial charge in [-0.1, -0.05) is 48.5 Å². The summed E-state index contributed by atoms with van der Waals surface area (Å²) in [5.41, 5.74) is 4.29. The van der Waals surface area contributed by atoms with Crippen molar-refractivity contribution in [2.75, 3.05) is 13.7 Å². The first kappa shape index (κ1) is 24.2. The van der Waals surface area contributed by atoms with Crippen LogP contribution in [0.5, 0.6) is 5.88 Å². The maximum atomic E-state index is 12.8. The minimum atomic E-state index is -1.31. The summed E-state index contributed by atoms with van der Waals surface area (Å²) in [6.07, 6.45) is -1.45. The van der Waals surface area contributed by atoms with Gasteiger partial charge in [-0.25, -0.2) is 4.79 Å². The minimum Gasteiger partial charge on any atom is -0.481 e. The van der Waals surface area contributed by atoms with E-state index in [9.17, 15) is 19.5 Å². The average molecular weight is 496 g/mol. The number of nitrogens with zero attached hydrogens (tertiary/aromatic N) is 1. The molecule has 0 saturated carbocycles. The SMILES string of the molecule is COc1cc(C(C)NC(=O)C(CC(=O)O)NC(=O)OCC2c3ccccc3-c3ccccc32)sn1. The summed E-state index contributed by atoms with van der Waals surface area (Å²) < 4.78 is 14.6. The van der Waals surface area contributed by atoms with E-state index in [0.29, 0.717) is 5.88 Å². The summed E-state index contributed by atoms with van der Waals surface area (Å²) in [7, 11) is 1.49. The van der Waals surface area contributed by atoms with Crippen molar-refractivity contribution in [3.63, 3.8) is 0 Å². The molecule has 1 heterocycles. The van der Waals surface area contributed by atoms with Gasteiger partial charge in [-0.3, -0.25) is 9.59 Å². The van der Waals surface area contributed by atoms with Crippen LogP contribution in [0.3, 0.4) is 0 Å². The zero-order chi connectivity index (χ0) is 24.9. The number of carboxylic acids is 1. The number of nitrogens with one attached hydrogen (secondary N) is 2. The first-order valence-corrected chi connectivity index (χ1v) is 11.8. The van der Waals surface area contributed by atoms with E-state index in [1.165, 1.54) is 7.11 Å². The fourth-order valence-electron chi connectivity index (χ4n) is 4.12. The third-order valence-corrected chi connectivity index (χ3v) is 6.79. The van der Waals surface area contributed by atoms with Crippen molar-refractivity contribution in [3.8, 4) is 17.0 Å². The molecule has 1 aromatic heterocycles. The third kappa shape index (κ3) is 5.43. The van der Waals surface area contributed by atoms with Crippen molar-refractivity contribution in [1.29, 1.82) is 0 Å². The van der Waals surface area contributed by atoms with Crippen LogP contribution in [0.15, 0.2) is 54.6 Å². The van der Waals surface area contributed by atoms with Gasteiger partial charge >= 0.3 is 12.1 Å². The first-order valence-electron chi connectivity index (χ1n) is 11.0. The van der Waals surface area contributed by atoms with Gasteiger partial charge in [0.2, 0.25) is 11.8 Å². The summed E-state index contributed by atoms with van der Waals surface area (Å²) in [4.78, 5) is 37.4. The van der Waals surface area contributed by atoms with Gasteiger partial charge in [0.15, 0.2) is 0 Å². The number of hydrogen-bond acceptors (Lipinski definition) is 7. The molecule has 35 heavy (non-hydrogen) atoms. The van der Waals surface area contributed by atoms with Gasteiger partial charge in [0.25, 0.3) is 0 Å². The molecule has 10 heteroatoms. The first-order chi connectivity index (χ1) is 16.9. The Kier molecular flexibility index (Phi) is 7.31. The Bertz CT molecular complexity index is 1200. The Morgan fingerprint density at radius 3 is 2.26 bits per heavy atom. The molecule has 9 nitrogen and oxygen atoms in total. The molecule has 2 atom stereocenters. The Morgan fingerprint density at radius 1 is 1.06 bits per heavy atom. The number of amides is 2. The second-order valence-electron chi connectivity index (χ2n) is 8.12. The van der Waals surface area contributed by atoms with Crippen LogP contribution in [0.25, 0.3) is 11.1 Å². The number of hydrogen-bond donors (Lipinski definition) is 3. The van der Waals surface area contributed by atoms with E-state index in [1.807, 2.05) is 48.5 Å². The topological polar surface area (TPSA) is 127 Å². The van der Waals surface area contributed by atoms with Crippen molar-refractivity contribution in [2.45, 2.75) is 31.3 Å². The van der Waals surface area contributed by atoms with Gasteiger partial charge in [-0.05, 0) is 40.7 Å². The summed E-state index contributed by atoms with van der Waals surface area (Å²) in [5, 5.41) is 14.4. The number of carbonyl (C=O) groups excluding carboxylic acids is 2. The number of aliphatic carboxylic acids is 1. The lowest BCUT2D eigenvalue weighted by Crippen LogP contribution is -2.48. The highest BCUT2D eigenvalue weighted by Crippen LogP contribution is 2.44. The van der Waals surface area contributed by atoms with Crippen LogP contribution in [0.1, 0.15) is 41.3 Å². The number of ether oxygens (including phenoxy) is 2. The van der Waals surface area contributed by atoms with E-state index >= 15 is 0 Å². The third-order valence-electron chi connectivity index (χ3n) is 5.83. The van der Waals surface area contributed by atoms with Crippen LogP contribution in [0.2, 0.25) is 0 Å². The maximum absolute atomic E-state index is 12.8. The molecular weight excluding hydrogens is 470 g/mol. The predicted octanol–water partition coefficient (Wildman–Crippen LogP) is 3.71. The zero-order valence-corrected chi connectivity index (χ0v) is 20.0. The number of rotatable bonds is 9. The van der Waals surface area contributed by atoms with Crippen molar-refractivity contribution >= 4 is 29.5 Å². The summed E-state index contributed by atoms with van der Waals surface area (Å²) in [6.45, 7) is 1.79. The lowest BCUT2D eigenvalue weighted by Gasteiger charge is -2.20. The van der Waals surface area contributed by atoms with Gasteiger partial charge in [-0.15, -0.1) is 0 Å². The van der Waals surface area contributed by atoms with Crippen molar-refractivity contribution < 1.29 is 29.0 Å². The van der Waals surface area contributed by atoms with E-state index in [0.717, 1.165) is 38.7 Å². The van der Waals surface area contributed by atoms with Gasteiger partial charge in [0.1, 0.15) is 12.6 Å². The van der Waals surface area contributed by atoms with E-state index in [2.05, 4.69) is 15.0 Å². The second kappa shape index (κ2) is 10.6. The molecule has 0 radical (unpaired) electrons. The molecule has 3 aromatic rings. The van der Waals surface area contributed by atoms with Gasteiger partial charge in [0, 0.05) is 12.0 Å². The Hall–Kier alpha value is -3.92. The monoisotopic (exact) mass is 495 g/mol. The van der Waals surface area contributed by atoms with Crippen LogP contribution in [0, 0.1) is 0 Å². The Labute approximate surface area is 206 Å². The number of alkyl carbamates (subject to hydrolysis) is 1. The fraction of sp³-hybridized carbons (Fsp3) is 0.280. The smallest absolute Gasteiger partial charge is 0.407 e. The van der Waals surface area contributed by atoms with Crippen LogP contribution in [-0.4, -0.2) is 47.2 Å². The van der Waals surface area contributed by atoms with E-state index in [1.54, 1.807) is 13.0 Å². The molecule has 2 aromatic carbocycles. The minimum absolute atomic E-state index is 0.0539. The van der Waals surface area contributed by atoms with Crippen LogP contribution in [-0.2, 0) is 14.3 Å². The summed E-state index contributed by atoms with van der Waals surface area (Å²) in [6, 6.07) is 15.8. The maximum Gasteiger partial charge on any atom is 0.407 e. The molecule has 4 rings (SSSR count). The molecule has 0 spiro atoms. The average Bonchev–Trinajstić information content (AvgIpc) is 3.45. The molecular formula is C25H25N3O6S. The second-order valence-corrected chi connectivity index (χ2v) is 8.96. The van der Waals surface area contributed by atoms with Crippen molar-refractivity contribution in [3.05, 3.63) is 70.6 Å². The number of carbonyl (C=O) groups is 3. The zero-order valence-electron chi connectivity index (χ0n) is 19.2. The number of fused-ring (bicyclic) bond motifs is 3. The quantitative estimate of drug-likeness (QED) is 0.413. The standard InChI is InChI=1S/C25H25N3O6S/c1-14(21-12-22(33-2)28-35-21)26-24(31)20(11-23(29)30)27-25(32)34-13-19-17-9-5-3-7-15(17)16-8-4-6-10-18(16)19/h3-10,12,14,19-20H,11,13H2,1-2H3,(H,26,31)(H,27,32)(H,29,30). The molecule has 2 unspecified atom stereocenters. The number of methoxy groups -OCH3 is 1. The fourth-order valence-corrected chi connectivity index (χ4v) is 4.82. The molecule has 1 aliphatic rings. The predicted molar refractivity (Wildman–Crippen MR) is 129 cm³/mol. The normalized spacial score (nSPS) is 13.8. The number of carboxylic acid groups (broad SMARTS) is 1. The van der Waals surface area contributed by atoms with Gasteiger partial charge < -0.3 is 25.2 Å². The molecule has 0 bridgehead atoms. The molecule has 182 valence electrons. The van der Waals surface area contributed by atoms with Crippen LogP contribution >= 0.6 is 11.5 Å². The molecule has 2 amide bonds. The van der Waals surface area contributed by atoms with E-state index in [4.69, 9.17) is 9.47 Å². The number of aromatic nitrogens is 1. The largest absolute Gasteiger partial charge is 0.481 e. The Balaban J connectivity index is 1.40. The van der Waals surface area contributed by atoms with E-state index < -0.39 is 36.5 Å². The highest BCUT2D eigenvalue weighted by atomic mass is 32.1. The van der Waals surface area contributed by atoms with E-state index in [-0.39, 0.29) is 12.5 Å². The van der Waals surface area contributed by atoms with Crippen LogP contribution < -0.4 is 15.4 Å².